The molecule has 0 saturated heterocycles. The SMILES string of the molecule is CCN(C)C(=O)Cn1ccc2cccc(N)c21. The topological polar surface area (TPSA) is 51.3 Å². The van der Waals surface area contributed by atoms with Crippen LogP contribution < -0.4 is 5.73 Å². The summed E-state index contributed by atoms with van der Waals surface area (Å²) in [5, 5.41) is 1.07. The quantitative estimate of drug-likeness (QED) is 0.817. The molecule has 0 saturated carbocycles. The van der Waals surface area contributed by atoms with E-state index < -0.39 is 0 Å². The summed E-state index contributed by atoms with van der Waals surface area (Å²) in [4.78, 5) is 13.6. The highest BCUT2D eigenvalue weighted by molar-refractivity contribution is 5.91. The van der Waals surface area contributed by atoms with Crippen LogP contribution in [-0.2, 0) is 11.3 Å². The van der Waals surface area contributed by atoms with E-state index in [2.05, 4.69) is 0 Å². The van der Waals surface area contributed by atoms with Gasteiger partial charge in [0, 0.05) is 25.2 Å². The molecular formula is C13H17N3O. The maximum absolute atomic E-state index is 11.9. The number of nitrogens with zero attached hydrogens (tertiary/aromatic N) is 2. The third kappa shape index (κ3) is 2.11. The second-order valence-electron chi connectivity index (χ2n) is 4.14. The van der Waals surface area contributed by atoms with Crippen LogP contribution in [0, 0.1) is 0 Å². The van der Waals surface area contributed by atoms with Gasteiger partial charge in [0.05, 0.1) is 11.2 Å². The minimum Gasteiger partial charge on any atom is -0.397 e. The fourth-order valence-electron chi connectivity index (χ4n) is 1.87. The lowest BCUT2D eigenvalue weighted by molar-refractivity contribution is -0.130. The average Bonchev–Trinajstić information content (AvgIpc) is 2.72. The third-order valence-electron chi connectivity index (χ3n) is 3.03. The van der Waals surface area contributed by atoms with Gasteiger partial charge >= 0.3 is 0 Å². The molecule has 1 heterocycles. The minimum absolute atomic E-state index is 0.0910. The molecule has 0 aliphatic carbocycles. The monoisotopic (exact) mass is 231 g/mol. The first kappa shape index (κ1) is 11.5. The van der Waals surface area contributed by atoms with Gasteiger partial charge in [-0.2, -0.15) is 0 Å². The highest BCUT2D eigenvalue weighted by Gasteiger charge is 2.10. The van der Waals surface area contributed by atoms with Gasteiger partial charge in [0.25, 0.3) is 0 Å². The van der Waals surface area contributed by atoms with Crippen LogP contribution in [0.25, 0.3) is 10.9 Å². The Morgan fingerprint density at radius 3 is 2.88 bits per heavy atom. The first-order chi connectivity index (χ1) is 8.13. The molecule has 0 aliphatic rings. The highest BCUT2D eigenvalue weighted by atomic mass is 16.2. The Balaban J connectivity index is 2.34. The predicted octanol–water partition coefficient (Wildman–Crippen LogP) is 1.70. The second kappa shape index (κ2) is 4.49. The number of nitrogens with two attached hydrogens (primary N) is 1. The lowest BCUT2D eigenvalue weighted by Crippen LogP contribution is -2.29. The number of nitrogen functional groups attached to an aromatic ring is 1. The smallest absolute Gasteiger partial charge is 0.242 e. The van der Waals surface area contributed by atoms with Gasteiger partial charge in [-0.25, -0.2) is 0 Å². The Kier molecular flexibility index (Phi) is 3.04. The molecule has 90 valence electrons. The van der Waals surface area contributed by atoms with Crippen molar-refractivity contribution in [2.24, 2.45) is 0 Å². The Morgan fingerprint density at radius 1 is 1.41 bits per heavy atom. The molecule has 4 heteroatoms. The maximum Gasteiger partial charge on any atom is 0.242 e. The summed E-state index contributed by atoms with van der Waals surface area (Å²) in [6.07, 6.45) is 1.91. The molecule has 0 spiro atoms. The van der Waals surface area contributed by atoms with E-state index in [0.29, 0.717) is 18.8 Å². The Labute approximate surface area is 101 Å². The number of anilines is 1. The van der Waals surface area contributed by atoms with Gasteiger partial charge in [0.2, 0.25) is 5.91 Å². The number of carbonyl (C=O) groups is 1. The Morgan fingerprint density at radius 2 is 2.18 bits per heavy atom. The maximum atomic E-state index is 11.9. The Bertz CT molecular complexity index is 545. The summed E-state index contributed by atoms with van der Waals surface area (Å²) in [6, 6.07) is 7.75. The number of hydrogen-bond donors (Lipinski definition) is 1. The molecule has 0 atom stereocenters. The fourth-order valence-corrected chi connectivity index (χ4v) is 1.87. The van der Waals surface area contributed by atoms with Crippen LogP contribution in [0.2, 0.25) is 0 Å². The van der Waals surface area contributed by atoms with Crippen LogP contribution >= 0.6 is 0 Å². The lowest BCUT2D eigenvalue weighted by Gasteiger charge is -2.15. The van der Waals surface area contributed by atoms with Crippen LogP contribution in [0.5, 0.6) is 0 Å². The van der Waals surface area contributed by atoms with Crippen molar-refractivity contribution < 1.29 is 4.79 Å². The molecule has 0 aliphatic heterocycles. The summed E-state index contributed by atoms with van der Waals surface area (Å²) in [5.41, 5.74) is 7.58. The van der Waals surface area contributed by atoms with E-state index in [1.807, 2.05) is 42.0 Å². The number of fused-ring (bicyclic) bond motifs is 1. The van der Waals surface area contributed by atoms with E-state index in [1.165, 1.54) is 0 Å². The largest absolute Gasteiger partial charge is 0.397 e. The summed E-state index contributed by atoms with van der Waals surface area (Å²) in [7, 11) is 1.80. The number of amides is 1. The third-order valence-corrected chi connectivity index (χ3v) is 3.03. The molecule has 0 radical (unpaired) electrons. The molecule has 4 nitrogen and oxygen atoms in total. The van der Waals surface area contributed by atoms with Gasteiger partial charge in [-0.15, -0.1) is 0 Å². The molecule has 1 aromatic heterocycles. The minimum atomic E-state index is 0.0910. The molecule has 0 unspecified atom stereocenters. The summed E-state index contributed by atoms with van der Waals surface area (Å²) in [6.45, 7) is 3.01. The van der Waals surface area contributed by atoms with E-state index >= 15 is 0 Å². The van der Waals surface area contributed by atoms with Crippen molar-refractivity contribution in [3.8, 4) is 0 Å². The van der Waals surface area contributed by atoms with Gasteiger partial charge < -0.3 is 15.2 Å². The molecule has 0 fully saturated rings. The van der Waals surface area contributed by atoms with Crippen molar-refractivity contribution in [3.63, 3.8) is 0 Å². The van der Waals surface area contributed by atoms with Gasteiger partial charge in [0.1, 0.15) is 6.54 Å². The molecular weight excluding hydrogens is 214 g/mol. The van der Waals surface area contributed by atoms with Gasteiger partial charge in [-0.1, -0.05) is 12.1 Å². The molecule has 17 heavy (non-hydrogen) atoms. The zero-order valence-electron chi connectivity index (χ0n) is 10.2. The molecule has 2 rings (SSSR count). The molecule has 2 aromatic rings. The van der Waals surface area contributed by atoms with Gasteiger partial charge in [0.15, 0.2) is 0 Å². The van der Waals surface area contributed by atoms with Crippen molar-refractivity contribution in [2.75, 3.05) is 19.3 Å². The summed E-state index contributed by atoms with van der Waals surface area (Å²) >= 11 is 0. The highest BCUT2D eigenvalue weighted by Crippen LogP contribution is 2.21. The van der Waals surface area contributed by atoms with Crippen molar-refractivity contribution in [2.45, 2.75) is 13.5 Å². The molecule has 2 N–H and O–H groups in total. The lowest BCUT2D eigenvalue weighted by atomic mass is 10.2. The standard InChI is InChI=1S/C13H17N3O/c1-3-15(2)12(17)9-16-8-7-10-5-4-6-11(14)13(10)16/h4-8H,3,9,14H2,1-2H3. The van der Waals surface area contributed by atoms with Crippen LogP contribution in [0.1, 0.15) is 6.92 Å². The number of hydrogen-bond acceptors (Lipinski definition) is 2. The van der Waals surface area contributed by atoms with Crippen molar-refractivity contribution in [1.82, 2.24) is 9.47 Å². The van der Waals surface area contributed by atoms with Gasteiger partial charge in [-0.3, -0.25) is 4.79 Å². The van der Waals surface area contributed by atoms with E-state index in [4.69, 9.17) is 5.73 Å². The number of benzene rings is 1. The number of para-hydroxylation sites is 1. The predicted molar refractivity (Wildman–Crippen MR) is 69.7 cm³/mol. The van der Waals surface area contributed by atoms with Crippen LogP contribution in [-0.4, -0.2) is 29.0 Å². The first-order valence-electron chi connectivity index (χ1n) is 5.70. The normalized spacial score (nSPS) is 10.7. The number of rotatable bonds is 3. The van der Waals surface area contributed by atoms with Gasteiger partial charge in [-0.05, 0) is 19.1 Å². The van der Waals surface area contributed by atoms with Crippen molar-refractivity contribution in [3.05, 3.63) is 30.5 Å². The van der Waals surface area contributed by atoms with E-state index in [9.17, 15) is 4.79 Å². The van der Waals surface area contributed by atoms with E-state index in [1.54, 1.807) is 11.9 Å². The van der Waals surface area contributed by atoms with E-state index in [-0.39, 0.29) is 5.91 Å². The molecule has 0 bridgehead atoms. The average molecular weight is 231 g/mol. The van der Waals surface area contributed by atoms with Crippen molar-refractivity contribution in [1.29, 1.82) is 0 Å². The summed E-state index contributed by atoms with van der Waals surface area (Å²) in [5.74, 6) is 0.0910. The van der Waals surface area contributed by atoms with Crippen LogP contribution in [0.4, 0.5) is 5.69 Å². The zero-order chi connectivity index (χ0) is 12.4. The van der Waals surface area contributed by atoms with Crippen LogP contribution in [0.15, 0.2) is 30.5 Å². The van der Waals surface area contributed by atoms with E-state index in [0.717, 1.165) is 10.9 Å². The van der Waals surface area contributed by atoms with Crippen LogP contribution in [0.3, 0.4) is 0 Å². The van der Waals surface area contributed by atoms with Crippen molar-refractivity contribution >= 4 is 22.5 Å². The number of aromatic nitrogens is 1. The summed E-state index contributed by atoms with van der Waals surface area (Å²) < 4.78 is 1.90. The Hall–Kier alpha value is -1.97. The second-order valence-corrected chi connectivity index (χ2v) is 4.14. The number of likely N-dealkylation sites (N-methyl/N-ethyl adjacent to an activating group) is 1. The molecule has 1 amide bonds. The first-order valence-corrected chi connectivity index (χ1v) is 5.70. The fraction of sp³-hybridized carbons (Fsp3) is 0.308. The number of carbonyl (C=O) groups excluding carboxylic acids is 1. The molecule has 1 aromatic carbocycles. The zero-order valence-corrected chi connectivity index (χ0v) is 10.2.